The van der Waals surface area contributed by atoms with Gasteiger partial charge in [-0.1, -0.05) is 18.2 Å². The Kier molecular flexibility index (Phi) is 5.33. The lowest BCUT2D eigenvalue weighted by Gasteiger charge is -2.07. The number of carbonyl (C=O) groups excluding carboxylic acids is 2. The lowest BCUT2D eigenvalue weighted by molar-refractivity contribution is -0.143. The first kappa shape index (κ1) is 13.7. The largest absolute Gasteiger partial charge is 0.480 e. The summed E-state index contributed by atoms with van der Waals surface area (Å²) in [6.45, 7) is -1.01. The van der Waals surface area contributed by atoms with Gasteiger partial charge in [0.05, 0.1) is 0 Å². The van der Waals surface area contributed by atoms with Crippen LogP contribution in [0.2, 0.25) is 0 Å². The predicted octanol–water partition coefficient (Wildman–Crippen LogP) is -0.451. The van der Waals surface area contributed by atoms with Crippen molar-refractivity contribution in [1.82, 2.24) is 10.9 Å². The van der Waals surface area contributed by atoms with Crippen molar-refractivity contribution < 1.29 is 24.2 Å². The highest BCUT2D eigenvalue weighted by molar-refractivity contribution is 5.95. The minimum absolute atomic E-state index is 0.393. The summed E-state index contributed by atoms with van der Waals surface area (Å²) in [7, 11) is 0. The second kappa shape index (κ2) is 7.02. The molecule has 1 aromatic rings. The molecule has 0 atom stereocenters. The third kappa shape index (κ3) is 5.08. The lowest BCUT2D eigenvalue weighted by atomic mass is 10.2. The van der Waals surface area contributed by atoms with Crippen molar-refractivity contribution in [2.45, 2.75) is 0 Å². The van der Waals surface area contributed by atoms with Gasteiger partial charge in [0.25, 0.3) is 11.8 Å². The summed E-state index contributed by atoms with van der Waals surface area (Å²) in [5.41, 5.74) is 4.66. The van der Waals surface area contributed by atoms with E-state index in [1.165, 1.54) is 0 Å². The number of hydrogen-bond donors (Lipinski definition) is 3. The summed E-state index contributed by atoms with van der Waals surface area (Å²) in [6, 6.07) is 8.30. The zero-order valence-corrected chi connectivity index (χ0v) is 9.38. The Labute approximate surface area is 103 Å². The van der Waals surface area contributed by atoms with Gasteiger partial charge in [0, 0.05) is 5.56 Å². The van der Waals surface area contributed by atoms with Crippen molar-refractivity contribution in [2.75, 3.05) is 13.2 Å². The molecule has 0 spiro atoms. The fraction of sp³-hybridized carbons (Fsp3) is 0.182. The van der Waals surface area contributed by atoms with Gasteiger partial charge < -0.3 is 9.84 Å². The Hall–Kier alpha value is -2.41. The first-order chi connectivity index (χ1) is 8.59. The van der Waals surface area contributed by atoms with Crippen molar-refractivity contribution >= 4 is 17.8 Å². The molecule has 7 nitrogen and oxygen atoms in total. The number of hydrogen-bond acceptors (Lipinski definition) is 4. The van der Waals surface area contributed by atoms with Crippen molar-refractivity contribution in [3.05, 3.63) is 35.9 Å². The zero-order chi connectivity index (χ0) is 13.4. The molecule has 18 heavy (non-hydrogen) atoms. The molecule has 0 aromatic heterocycles. The molecule has 1 rings (SSSR count). The molecule has 0 aliphatic carbocycles. The second-order valence-electron chi connectivity index (χ2n) is 3.25. The topological polar surface area (TPSA) is 105 Å². The van der Waals surface area contributed by atoms with Gasteiger partial charge in [-0.15, -0.1) is 0 Å². The van der Waals surface area contributed by atoms with Crippen molar-refractivity contribution in [2.24, 2.45) is 0 Å². The van der Waals surface area contributed by atoms with E-state index in [2.05, 4.69) is 15.6 Å². The van der Waals surface area contributed by atoms with E-state index in [9.17, 15) is 14.4 Å². The van der Waals surface area contributed by atoms with Crippen molar-refractivity contribution in [3.63, 3.8) is 0 Å². The Morgan fingerprint density at radius 3 is 2.33 bits per heavy atom. The van der Waals surface area contributed by atoms with Crippen LogP contribution < -0.4 is 10.9 Å². The molecule has 0 saturated heterocycles. The van der Waals surface area contributed by atoms with E-state index in [0.717, 1.165) is 0 Å². The van der Waals surface area contributed by atoms with Crippen LogP contribution in [0.15, 0.2) is 30.3 Å². The maximum atomic E-state index is 11.5. The number of rotatable bonds is 5. The van der Waals surface area contributed by atoms with E-state index in [-0.39, 0.29) is 0 Å². The Morgan fingerprint density at radius 2 is 1.72 bits per heavy atom. The molecule has 0 heterocycles. The van der Waals surface area contributed by atoms with Crippen LogP contribution in [-0.4, -0.2) is 36.1 Å². The summed E-state index contributed by atoms with van der Waals surface area (Å²) in [5, 5.41) is 8.27. The van der Waals surface area contributed by atoms with Crippen LogP contribution in [0.4, 0.5) is 0 Å². The number of hydrazine groups is 1. The molecule has 0 aliphatic heterocycles. The summed E-state index contributed by atoms with van der Waals surface area (Å²) < 4.78 is 4.53. The van der Waals surface area contributed by atoms with E-state index in [1.807, 2.05) is 0 Å². The quantitative estimate of drug-likeness (QED) is 0.615. The van der Waals surface area contributed by atoms with Gasteiger partial charge in [-0.3, -0.25) is 20.4 Å². The van der Waals surface area contributed by atoms with E-state index < -0.39 is 31.0 Å². The minimum Gasteiger partial charge on any atom is -0.480 e. The predicted molar refractivity (Wildman–Crippen MR) is 60.5 cm³/mol. The molecule has 0 aliphatic rings. The second-order valence-corrected chi connectivity index (χ2v) is 3.25. The summed E-state index contributed by atoms with van der Waals surface area (Å²) in [6.07, 6.45) is 0. The van der Waals surface area contributed by atoms with Crippen molar-refractivity contribution in [1.29, 1.82) is 0 Å². The first-order valence-electron chi connectivity index (χ1n) is 5.03. The number of aliphatic carboxylic acids is 1. The maximum absolute atomic E-state index is 11.5. The van der Waals surface area contributed by atoms with Gasteiger partial charge >= 0.3 is 5.97 Å². The van der Waals surface area contributed by atoms with Crippen LogP contribution in [0, 0.1) is 0 Å². The van der Waals surface area contributed by atoms with Gasteiger partial charge in [-0.05, 0) is 12.1 Å². The molecular formula is C11H12N2O5. The molecule has 3 N–H and O–H groups in total. The SMILES string of the molecule is O=C(O)COCC(=O)NNC(=O)c1ccccc1. The van der Waals surface area contributed by atoms with Gasteiger partial charge in [0.15, 0.2) is 0 Å². The number of carboxylic acid groups (broad SMARTS) is 1. The van der Waals surface area contributed by atoms with Crippen LogP contribution in [0.5, 0.6) is 0 Å². The Balaban J connectivity index is 2.26. The molecule has 96 valence electrons. The van der Waals surface area contributed by atoms with Gasteiger partial charge in [0.1, 0.15) is 13.2 Å². The first-order valence-corrected chi connectivity index (χ1v) is 5.03. The van der Waals surface area contributed by atoms with Crippen LogP contribution in [0.25, 0.3) is 0 Å². The Bertz CT molecular complexity index is 432. The highest BCUT2D eigenvalue weighted by Crippen LogP contribution is 1.96. The third-order valence-electron chi connectivity index (χ3n) is 1.81. The normalized spacial score (nSPS) is 9.56. The van der Waals surface area contributed by atoms with E-state index in [0.29, 0.717) is 5.56 Å². The van der Waals surface area contributed by atoms with Crippen molar-refractivity contribution in [3.8, 4) is 0 Å². The van der Waals surface area contributed by atoms with E-state index in [4.69, 9.17) is 5.11 Å². The molecule has 0 radical (unpaired) electrons. The molecule has 0 fully saturated rings. The molecule has 0 saturated carbocycles. The molecular weight excluding hydrogens is 240 g/mol. The zero-order valence-electron chi connectivity index (χ0n) is 9.38. The lowest BCUT2D eigenvalue weighted by Crippen LogP contribution is -2.43. The fourth-order valence-electron chi connectivity index (χ4n) is 1.06. The summed E-state index contributed by atoms with van der Waals surface area (Å²) >= 11 is 0. The molecule has 0 unspecified atom stereocenters. The molecule has 2 amide bonds. The standard InChI is InChI=1S/C11H12N2O5/c14-9(6-18-7-10(15)16)12-13-11(17)8-4-2-1-3-5-8/h1-5H,6-7H2,(H,12,14)(H,13,17)(H,15,16). The number of nitrogens with one attached hydrogen (secondary N) is 2. The van der Waals surface area contributed by atoms with Gasteiger partial charge in [-0.2, -0.15) is 0 Å². The molecule has 7 heteroatoms. The number of carbonyl (C=O) groups is 3. The van der Waals surface area contributed by atoms with Crippen LogP contribution in [-0.2, 0) is 14.3 Å². The average Bonchev–Trinajstić information content (AvgIpc) is 2.36. The van der Waals surface area contributed by atoms with Crippen LogP contribution >= 0.6 is 0 Å². The summed E-state index contributed by atoms with van der Waals surface area (Å²) in [5.74, 6) is -2.28. The van der Waals surface area contributed by atoms with Gasteiger partial charge in [0.2, 0.25) is 0 Å². The smallest absolute Gasteiger partial charge is 0.329 e. The highest BCUT2D eigenvalue weighted by Gasteiger charge is 2.07. The van der Waals surface area contributed by atoms with Crippen LogP contribution in [0.1, 0.15) is 10.4 Å². The number of amides is 2. The monoisotopic (exact) mass is 252 g/mol. The number of benzene rings is 1. The highest BCUT2D eigenvalue weighted by atomic mass is 16.5. The maximum Gasteiger partial charge on any atom is 0.329 e. The fourth-order valence-corrected chi connectivity index (χ4v) is 1.06. The molecule has 1 aromatic carbocycles. The Morgan fingerprint density at radius 1 is 1.06 bits per heavy atom. The van der Waals surface area contributed by atoms with E-state index >= 15 is 0 Å². The summed E-state index contributed by atoms with van der Waals surface area (Å²) in [4.78, 5) is 32.7. The van der Waals surface area contributed by atoms with Crippen LogP contribution in [0.3, 0.4) is 0 Å². The third-order valence-corrected chi connectivity index (χ3v) is 1.81. The van der Waals surface area contributed by atoms with Gasteiger partial charge in [-0.25, -0.2) is 4.79 Å². The average molecular weight is 252 g/mol. The number of carboxylic acids is 1. The minimum atomic E-state index is -1.17. The molecule has 0 bridgehead atoms. The number of ether oxygens (including phenoxy) is 1. The van der Waals surface area contributed by atoms with E-state index in [1.54, 1.807) is 30.3 Å².